The van der Waals surface area contributed by atoms with E-state index in [0.717, 1.165) is 6.07 Å². The van der Waals surface area contributed by atoms with Crippen LogP contribution in [0.15, 0.2) is 49.2 Å². The average molecular weight is 325 g/mol. The smallest absolute Gasteiger partial charge is 0.255 e. The maximum absolute atomic E-state index is 13.4. The number of benzene rings is 1. The van der Waals surface area contributed by atoms with Crippen LogP contribution in [-0.4, -0.2) is 31.4 Å². The topological polar surface area (TPSA) is 89.8 Å². The molecule has 1 aromatic carbocycles. The van der Waals surface area contributed by atoms with Crippen LogP contribution in [0.4, 0.5) is 10.1 Å². The second kappa shape index (κ2) is 6.37. The molecule has 0 unspecified atom stereocenters. The van der Waals surface area contributed by atoms with Crippen LogP contribution >= 0.6 is 0 Å². The van der Waals surface area contributed by atoms with E-state index in [9.17, 15) is 14.0 Å². The molecule has 0 atom stereocenters. The zero-order chi connectivity index (χ0) is 17.1. The van der Waals surface area contributed by atoms with E-state index in [1.54, 1.807) is 0 Å². The van der Waals surface area contributed by atoms with Gasteiger partial charge in [0.1, 0.15) is 18.5 Å². The molecule has 0 radical (unpaired) electrons. The number of hydrogen-bond acceptors (Lipinski definition) is 5. The molecular formula is C16H12FN5O2. The van der Waals surface area contributed by atoms with Crippen molar-refractivity contribution >= 4 is 17.4 Å². The summed E-state index contributed by atoms with van der Waals surface area (Å²) in [6.07, 6.45) is 4.24. The minimum absolute atomic E-state index is 0.117. The number of anilines is 1. The molecule has 7 nitrogen and oxygen atoms in total. The van der Waals surface area contributed by atoms with Crippen LogP contribution in [0, 0.1) is 5.82 Å². The number of carbonyl (C=O) groups excluding carboxylic acids is 2. The third kappa shape index (κ3) is 3.17. The molecule has 0 aliphatic heterocycles. The Kier molecular flexibility index (Phi) is 4.11. The summed E-state index contributed by atoms with van der Waals surface area (Å²) in [5.74, 6) is -0.908. The Hall–Kier alpha value is -3.42. The number of carbonyl (C=O) groups is 2. The van der Waals surface area contributed by atoms with Crippen molar-refractivity contribution in [2.24, 2.45) is 0 Å². The van der Waals surface area contributed by atoms with Crippen LogP contribution in [-0.2, 0) is 0 Å². The summed E-state index contributed by atoms with van der Waals surface area (Å²) in [5.41, 5.74) is 0.635. The van der Waals surface area contributed by atoms with Crippen molar-refractivity contribution in [1.82, 2.24) is 19.7 Å². The largest absolute Gasteiger partial charge is 0.321 e. The molecule has 3 aromatic rings. The zero-order valence-corrected chi connectivity index (χ0v) is 12.6. The van der Waals surface area contributed by atoms with Crippen LogP contribution in [0.1, 0.15) is 27.6 Å². The van der Waals surface area contributed by atoms with Crippen LogP contribution in [0.5, 0.6) is 0 Å². The van der Waals surface area contributed by atoms with E-state index in [1.807, 2.05) is 0 Å². The van der Waals surface area contributed by atoms with Crippen molar-refractivity contribution in [2.45, 2.75) is 6.92 Å². The van der Waals surface area contributed by atoms with Gasteiger partial charge in [-0.3, -0.25) is 9.59 Å². The molecular weight excluding hydrogens is 313 g/mol. The van der Waals surface area contributed by atoms with E-state index < -0.39 is 11.7 Å². The summed E-state index contributed by atoms with van der Waals surface area (Å²) < 4.78 is 14.8. The summed E-state index contributed by atoms with van der Waals surface area (Å²) in [4.78, 5) is 31.9. The standard InChI is InChI=1S/C16H12FN5O2/c1-10(23)13-3-2-12(17)7-14(13)21-16(24)11-4-5-19-15(6-11)22-9-18-8-20-22/h2-9H,1H3,(H,21,24). The number of rotatable bonds is 4. The molecule has 0 fully saturated rings. The Bertz CT molecular complexity index is 909. The highest BCUT2D eigenvalue weighted by Crippen LogP contribution is 2.19. The number of ketones is 1. The first-order valence-corrected chi connectivity index (χ1v) is 6.97. The molecule has 120 valence electrons. The van der Waals surface area contributed by atoms with Crippen molar-refractivity contribution in [3.8, 4) is 5.82 Å². The Morgan fingerprint density at radius 3 is 2.75 bits per heavy atom. The minimum Gasteiger partial charge on any atom is -0.321 e. The Morgan fingerprint density at radius 2 is 2.04 bits per heavy atom. The first-order chi connectivity index (χ1) is 11.5. The van der Waals surface area contributed by atoms with Crippen molar-refractivity contribution in [1.29, 1.82) is 0 Å². The van der Waals surface area contributed by atoms with E-state index in [2.05, 4.69) is 20.4 Å². The molecule has 0 aliphatic rings. The first-order valence-electron chi connectivity index (χ1n) is 6.97. The number of Topliss-reactive ketones (excluding diaryl/α,β-unsaturated/α-hetero) is 1. The van der Waals surface area contributed by atoms with Crippen LogP contribution in [0.2, 0.25) is 0 Å². The number of amides is 1. The van der Waals surface area contributed by atoms with Gasteiger partial charge in [0, 0.05) is 17.3 Å². The lowest BCUT2D eigenvalue weighted by molar-refractivity contribution is 0.101. The molecule has 3 rings (SSSR count). The molecule has 1 amide bonds. The molecule has 0 aliphatic carbocycles. The quantitative estimate of drug-likeness (QED) is 0.743. The molecule has 2 aromatic heterocycles. The number of pyridine rings is 1. The molecule has 24 heavy (non-hydrogen) atoms. The molecule has 0 saturated carbocycles. The maximum atomic E-state index is 13.4. The Morgan fingerprint density at radius 1 is 1.21 bits per heavy atom. The van der Waals surface area contributed by atoms with Gasteiger partial charge in [0.2, 0.25) is 0 Å². The van der Waals surface area contributed by atoms with E-state index >= 15 is 0 Å². The van der Waals surface area contributed by atoms with Crippen molar-refractivity contribution < 1.29 is 14.0 Å². The highest BCUT2D eigenvalue weighted by molar-refractivity contribution is 6.09. The molecule has 0 bridgehead atoms. The summed E-state index contributed by atoms with van der Waals surface area (Å²) in [5, 5.41) is 6.49. The minimum atomic E-state index is -0.548. The second-order valence-electron chi connectivity index (χ2n) is 4.94. The lowest BCUT2D eigenvalue weighted by Gasteiger charge is -2.10. The van der Waals surface area contributed by atoms with Crippen molar-refractivity contribution in [2.75, 3.05) is 5.32 Å². The van der Waals surface area contributed by atoms with Gasteiger partial charge in [-0.1, -0.05) is 0 Å². The zero-order valence-electron chi connectivity index (χ0n) is 12.6. The summed E-state index contributed by atoms with van der Waals surface area (Å²) >= 11 is 0. The Labute approximate surface area is 136 Å². The normalized spacial score (nSPS) is 10.4. The van der Waals surface area contributed by atoms with Gasteiger partial charge < -0.3 is 5.32 Å². The lowest BCUT2D eigenvalue weighted by Crippen LogP contribution is -2.15. The van der Waals surface area contributed by atoms with Crippen molar-refractivity contribution in [3.63, 3.8) is 0 Å². The van der Waals surface area contributed by atoms with Crippen LogP contribution < -0.4 is 5.32 Å². The van der Waals surface area contributed by atoms with E-state index in [-0.39, 0.29) is 22.6 Å². The number of hydrogen-bond donors (Lipinski definition) is 1. The molecule has 0 saturated heterocycles. The van der Waals surface area contributed by atoms with Gasteiger partial charge in [0.25, 0.3) is 5.91 Å². The van der Waals surface area contributed by atoms with E-state index in [1.165, 1.54) is 54.7 Å². The van der Waals surface area contributed by atoms with E-state index in [0.29, 0.717) is 5.82 Å². The maximum Gasteiger partial charge on any atom is 0.255 e. The number of nitrogens with zero attached hydrogens (tertiary/aromatic N) is 4. The molecule has 1 N–H and O–H groups in total. The van der Waals surface area contributed by atoms with Gasteiger partial charge in [-0.25, -0.2) is 19.0 Å². The fourth-order valence-corrected chi connectivity index (χ4v) is 2.13. The highest BCUT2D eigenvalue weighted by Gasteiger charge is 2.14. The molecule has 8 heteroatoms. The third-order valence-corrected chi connectivity index (χ3v) is 3.27. The number of aromatic nitrogens is 4. The van der Waals surface area contributed by atoms with Gasteiger partial charge >= 0.3 is 0 Å². The van der Waals surface area contributed by atoms with Crippen LogP contribution in [0.25, 0.3) is 5.82 Å². The summed E-state index contributed by atoms with van der Waals surface area (Å²) in [6.45, 7) is 1.35. The monoisotopic (exact) mass is 325 g/mol. The lowest BCUT2D eigenvalue weighted by atomic mass is 10.1. The predicted octanol–water partition coefficient (Wildman–Crippen LogP) is 2.26. The fourth-order valence-electron chi connectivity index (χ4n) is 2.13. The van der Waals surface area contributed by atoms with E-state index in [4.69, 9.17) is 0 Å². The van der Waals surface area contributed by atoms with Crippen LogP contribution in [0.3, 0.4) is 0 Å². The van der Waals surface area contributed by atoms with Gasteiger partial charge in [0.05, 0.1) is 5.69 Å². The third-order valence-electron chi connectivity index (χ3n) is 3.27. The first kappa shape index (κ1) is 15.5. The van der Waals surface area contributed by atoms with Gasteiger partial charge in [-0.2, -0.15) is 5.10 Å². The predicted molar refractivity (Wildman–Crippen MR) is 83.5 cm³/mol. The number of halogens is 1. The van der Waals surface area contributed by atoms with Gasteiger partial charge in [0.15, 0.2) is 11.6 Å². The van der Waals surface area contributed by atoms with Crippen molar-refractivity contribution in [3.05, 3.63) is 66.1 Å². The second-order valence-corrected chi connectivity index (χ2v) is 4.94. The fraction of sp³-hybridized carbons (Fsp3) is 0.0625. The average Bonchev–Trinajstić information content (AvgIpc) is 3.09. The molecule has 2 heterocycles. The van der Waals surface area contributed by atoms with Gasteiger partial charge in [-0.05, 0) is 37.3 Å². The SMILES string of the molecule is CC(=O)c1ccc(F)cc1NC(=O)c1ccnc(-n2cncn2)c1. The summed E-state index contributed by atoms with van der Waals surface area (Å²) in [7, 11) is 0. The summed E-state index contributed by atoms with van der Waals surface area (Å²) in [6, 6.07) is 6.62. The number of nitrogens with one attached hydrogen (secondary N) is 1. The highest BCUT2D eigenvalue weighted by atomic mass is 19.1. The molecule has 0 spiro atoms. The van der Waals surface area contributed by atoms with Gasteiger partial charge in [-0.15, -0.1) is 0 Å². The Balaban J connectivity index is 1.90.